The summed E-state index contributed by atoms with van der Waals surface area (Å²) in [7, 11) is 0. The number of pyridine rings is 1. The SMILES string of the molecule is O=NC1(c2ccc(Cl)cc2)CCN(CCC=C2c3ccccc3C(=O)N(CC(=O)NCc3cccnc3)c3ccccc32)CC1. The van der Waals surface area contributed by atoms with E-state index in [-0.39, 0.29) is 18.4 Å². The van der Waals surface area contributed by atoms with Gasteiger partial charge in [-0.1, -0.05) is 77.5 Å². The van der Waals surface area contributed by atoms with Crippen molar-refractivity contribution in [3.63, 3.8) is 0 Å². The highest BCUT2D eigenvalue weighted by Crippen LogP contribution is 2.39. The molecule has 6 rings (SSSR count). The number of benzene rings is 3. The van der Waals surface area contributed by atoms with Crippen LogP contribution in [0.5, 0.6) is 0 Å². The van der Waals surface area contributed by atoms with Gasteiger partial charge >= 0.3 is 0 Å². The van der Waals surface area contributed by atoms with Gasteiger partial charge in [0.05, 0.1) is 5.69 Å². The molecule has 228 valence electrons. The second-order valence-electron chi connectivity index (χ2n) is 11.5. The first-order valence-electron chi connectivity index (χ1n) is 15.2. The number of nitroso groups, excluding NO2 is 1. The van der Waals surface area contributed by atoms with Crippen LogP contribution in [-0.4, -0.2) is 47.9 Å². The Labute approximate surface area is 267 Å². The number of hydrogen-bond acceptors (Lipinski definition) is 6. The number of nitrogens with one attached hydrogen (secondary N) is 1. The number of nitrogens with zero attached hydrogens (tertiary/aromatic N) is 4. The number of halogens is 1. The number of fused-ring (bicyclic) bond motifs is 2. The maximum Gasteiger partial charge on any atom is 0.259 e. The molecule has 8 nitrogen and oxygen atoms in total. The lowest BCUT2D eigenvalue weighted by molar-refractivity contribution is -0.119. The van der Waals surface area contributed by atoms with Crippen molar-refractivity contribution in [1.82, 2.24) is 15.2 Å². The van der Waals surface area contributed by atoms with Crippen LogP contribution in [-0.2, 0) is 16.9 Å². The van der Waals surface area contributed by atoms with Gasteiger partial charge in [0.15, 0.2) is 0 Å². The van der Waals surface area contributed by atoms with Crippen LogP contribution in [0.1, 0.15) is 51.9 Å². The van der Waals surface area contributed by atoms with Crippen molar-refractivity contribution in [3.05, 3.63) is 141 Å². The van der Waals surface area contributed by atoms with Crippen LogP contribution in [0, 0.1) is 4.91 Å². The van der Waals surface area contributed by atoms with Crippen molar-refractivity contribution >= 4 is 34.7 Å². The summed E-state index contributed by atoms with van der Waals surface area (Å²) in [5.41, 5.74) is 5.04. The summed E-state index contributed by atoms with van der Waals surface area (Å²) in [5.74, 6) is -0.467. The number of rotatable bonds is 9. The molecule has 0 aliphatic carbocycles. The van der Waals surface area contributed by atoms with Gasteiger partial charge in [0.2, 0.25) is 5.91 Å². The fraction of sp³-hybridized carbons (Fsp3) is 0.250. The standard InChI is InChI=1S/C36H34ClN5O3/c37-28-15-13-27(14-16-28)36(40-45)17-21-41(22-18-36)20-6-11-29-30-8-1-2-10-32(30)35(44)42(33-12-4-3-9-31(29)33)25-34(43)39-24-26-7-5-19-38-23-26/h1-5,7-16,19,23H,6,17-18,20-22,24-25H2,(H,39,43). The number of piperidine rings is 1. The Morgan fingerprint density at radius 2 is 1.64 bits per heavy atom. The number of para-hydroxylation sites is 1. The minimum atomic E-state index is -0.729. The van der Waals surface area contributed by atoms with Gasteiger partial charge in [-0.3, -0.25) is 19.5 Å². The molecule has 0 spiro atoms. The number of hydrogen-bond donors (Lipinski definition) is 1. The molecule has 45 heavy (non-hydrogen) atoms. The van der Waals surface area contributed by atoms with Gasteiger partial charge in [0.25, 0.3) is 5.91 Å². The van der Waals surface area contributed by atoms with E-state index in [1.807, 2.05) is 84.9 Å². The predicted octanol–water partition coefficient (Wildman–Crippen LogP) is 6.59. The fourth-order valence-electron chi connectivity index (χ4n) is 6.25. The summed E-state index contributed by atoms with van der Waals surface area (Å²) in [6.45, 7) is 2.54. The van der Waals surface area contributed by atoms with Crippen LogP contribution in [0.3, 0.4) is 0 Å². The summed E-state index contributed by atoms with van der Waals surface area (Å²) in [5, 5.41) is 7.15. The summed E-state index contributed by atoms with van der Waals surface area (Å²) in [4.78, 5) is 47.1. The van der Waals surface area contributed by atoms with Gasteiger partial charge in [0, 0.05) is 54.7 Å². The maximum atomic E-state index is 14.0. The topological polar surface area (TPSA) is 95.0 Å². The molecule has 1 fully saturated rings. The molecule has 3 heterocycles. The largest absolute Gasteiger partial charge is 0.350 e. The van der Waals surface area contributed by atoms with Crippen molar-refractivity contribution in [3.8, 4) is 0 Å². The number of aromatic nitrogens is 1. The number of amides is 2. The maximum absolute atomic E-state index is 14.0. The Morgan fingerprint density at radius 3 is 2.36 bits per heavy atom. The quantitative estimate of drug-likeness (QED) is 0.213. The summed E-state index contributed by atoms with van der Waals surface area (Å²) in [6, 6.07) is 26.5. The average molecular weight is 620 g/mol. The van der Waals surface area contributed by atoms with Crippen LogP contribution >= 0.6 is 11.6 Å². The zero-order valence-electron chi connectivity index (χ0n) is 24.9. The van der Waals surface area contributed by atoms with Crippen molar-refractivity contribution in [2.24, 2.45) is 5.18 Å². The van der Waals surface area contributed by atoms with Crippen LogP contribution in [0.25, 0.3) is 5.57 Å². The molecule has 1 N–H and O–H groups in total. The number of likely N-dealkylation sites (tertiary alicyclic amines) is 1. The molecule has 4 aromatic rings. The summed E-state index contributed by atoms with van der Waals surface area (Å²) >= 11 is 6.07. The van der Waals surface area contributed by atoms with Gasteiger partial charge in [-0.05, 0) is 71.9 Å². The minimum Gasteiger partial charge on any atom is -0.350 e. The van der Waals surface area contributed by atoms with Gasteiger partial charge in [-0.2, -0.15) is 0 Å². The third-order valence-corrected chi connectivity index (χ3v) is 8.98. The van der Waals surface area contributed by atoms with Crippen molar-refractivity contribution in [2.75, 3.05) is 31.1 Å². The highest BCUT2D eigenvalue weighted by Gasteiger charge is 2.38. The van der Waals surface area contributed by atoms with Crippen molar-refractivity contribution in [2.45, 2.75) is 31.3 Å². The van der Waals surface area contributed by atoms with E-state index in [1.165, 1.54) is 0 Å². The van der Waals surface area contributed by atoms with Gasteiger partial charge in [0.1, 0.15) is 12.1 Å². The predicted molar refractivity (Wildman–Crippen MR) is 177 cm³/mol. The van der Waals surface area contributed by atoms with Gasteiger partial charge in [-0.15, -0.1) is 4.91 Å². The molecular weight excluding hydrogens is 586 g/mol. The zero-order chi connectivity index (χ0) is 31.2. The normalized spacial score (nSPS) is 16.9. The third-order valence-electron chi connectivity index (χ3n) is 8.73. The van der Waals surface area contributed by atoms with Gasteiger partial charge < -0.3 is 10.2 Å². The molecule has 3 aromatic carbocycles. The molecule has 1 aromatic heterocycles. The lowest BCUT2D eigenvalue weighted by Gasteiger charge is -2.37. The minimum absolute atomic E-state index is 0.106. The van der Waals surface area contributed by atoms with Gasteiger partial charge in [-0.25, -0.2) is 0 Å². The highest BCUT2D eigenvalue weighted by atomic mass is 35.5. The molecule has 0 unspecified atom stereocenters. The second kappa shape index (κ2) is 13.5. The van der Waals surface area contributed by atoms with Crippen LogP contribution in [0.2, 0.25) is 5.02 Å². The lowest BCUT2D eigenvalue weighted by Crippen LogP contribution is -2.41. The Balaban J connectivity index is 1.20. The van der Waals surface area contributed by atoms with E-state index in [4.69, 9.17) is 11.6 Å². The zero-order valence-corrected chi connectivity index (χ0v) is 25.6. The van der Waals surface area contributed by atoms with Crippen molar-refractivity contribution < 1.29 is 9.59 Å². The molecule has 2 aliphatic heterocycles. The fourth-order valence-corrected chi connectivity index (χ4v) is 6.38. The first-order chi connectivity index (χ1) is 22.0. The van der Waals surface area contributed by atoms with E-state index in [2.05, 4.69) is 26.5 Å². The summed E-state index contributed by atoms with van der Waals surface area (Å²) < 4.78 is 0. The van der Waals surface area contributed by atoms with E-state index in [0.29, 0.717) is 35.7 Å². The lowest BCUT2D eigenvalue weighted by atomic mass is 9.82. The molecule has 9 heteroatoms. The Hall–Kier alpha value is -4.66. The number of anilines is 1. The Kier molecular flexibility index (Phi) is 9.14. The van der Waals surface area contributed by atoms with Crippen LogP contribution < -0.4 is 10.2 Å². The molecule has 2 amide bonds. The molecule has 0 radical (unpaired) electrons. The van der Waals surface area contributed by atoms with Crippen LogP contribution in [0.15, 0.2) is 109 Å². The molecule has 0 atom stereocenters. The summed E-state index contributed by atoms with van der Waals surface area (Å²) in [6.07, 6.45) is 7.63. The number of carbonyl (C=O) groups excluding carboxylic acids is 2. The molecule has 2 aliphatic rings. The van der Waals surface area contributed by atoms with Crippen LogP contribution in [0.4, 0.5) is 5.69 Å². The number of carbonyl (C=O) groups is 2. The third kappa shape index (κ3) is 6.57. The highest BCUT2D eigenvalue weighted by molar-refractivity contribution is 6.30. The van der Waals surface area contributed by atoms with E-state index in [0.717, 1.165) is 53.9 Å². The van der Waals surface area contributed by atoms with Crippen molar-refractivity contribution in [1.29, 1.82) is 0 Å². The van der Waals surface area contributed by atoms with E-state index in [9.17, 15) is 14.5 Å². The monoisotopic (exact) mass is 619 g/mol. The first kappa shape index (κ1) is 30.4. The van der Waals surface area contributed by atoms with E-state index in [1.54, 1.807) is 17.3 Å². The molecule has 0 bridgehead atoms. The first-order valence-corrected chi connectivity index (χ1v) is 15.5. The van der Waals surface area contributed by atoms with E-state index < -0.39 is 5.54 Å². The average Bonchev–Trinajstić information content (AvgIpc) is 3.18. The smallest absolute Gasteiger partial charge is 0.259 e. The second-order valence-corrected chi connectivity index (χ2v) is 11.9. The molecule has 0 saturated carbocycles. The molecular formula is C36H34ClN5O3. The molecule has 1 saturated heterocycles. The van der Waals surface area contributed by atoms with E-state index >= 15 is 0 Å². The Bertz CT molecular complexity index is 1720. The Morgan fingerprint density at radius 1 is 0.933 bits per heavy atom.